The van der Waals surface area contributed by atoms with E-state index in [4.69, 9.17) is 22.7 Å². The Balaban J connectivity index is 2.26. The van der Waals surface area contributed by atoms with Crippen LogP contribution in [0, 0.1) is 0 Å². The maximum absolute atomic E-state index is 5.81. The Hall–Kier alpha value is -0.230. The van der Waals surface area contributed by atoms with Crippen LogP contribution < -0.4 is 5.73 Å². The number of nitrogens with zero attached hydrogens (tertiary/aromatic N) is 2. The molecule has 0 atom stereocenters. The smallest absolute Gasteiger partial charge is 0.0928 e. The van der Waals surface area contributed by atoms with Crippen molar-refractivity contribution in [3.05, 3.63) is 0 Å². The minimum Gasteiger partial charge on any atom is -0.392 e. The number of hydrogen-bond acceptors (Lipinski definition) is 4. The Labute approximate surface area is 116 Å². The number of ether oxygens (including phenoxy) is 1. The SMILES string of the molecule is CCOCCCN1CCN(C(C)(C)C(N)=S)CC1. The normalized spacial score (nSPS) is 19.1. The van der Waals surface area contributed by atoms with Gasteiger partial charge in [-0.2, -0.15) is 0 Å². The summed E-state index contributed by atoms with van der Waals surface area (Å²) in [5.74, 6) is 0. The summed E-state index contributed by atoms with van der Waals surface area (Å²) >= 11 is 5.15. The van der Waals surface area contributed by atoms with Crippen molar-refractivity contribution < 1.29 is 4.74 Å². The molecule has 18 heavy (non-hydrogen) atoms. The summed E-state index contributed by atoms with van der Waals surface area (Å²) in [6.45, 7) is 13.3. The topological polar surface area (TPSA) is 41.7 Å². The number of thiocarbonyl (C=S) groups is 1. The van der Waals surface area contributed by atoms with Gasteiger partial charge in [-0.25, -0.2) is 0 Å². The predicted octanol–water partition coefficient (Wildman–Crippen LogP) is 1.10. The number of hydrogen-bond donors (Lipinski definition) is 1. The Morgan fingerprint density at radius 3 is 2.39 bits per heavy atom. The lowest BCUT2D eigenvalue weighted by molar-refractivity contribution is 0.0752. The molecule has 0 aromatic carbocycles. The second kappa shape index (κ2) is 7.38. The van der Waals surface area contributed by atoms with E-state index in [1.54, 1.807) is 0 Å². The lowest BCUT2D eigenvalue weighted by Crippen LogP contribution is -2.59. The minimum atomic E-state index is -0.160. The number of rotatable bonds is 7. The maximum atomic E-state index is 5.81. The van der Waals surface area contributed by atoms with Gasteiger partial charge in [0, 0.05) is 45.9 Å². The maximum Gasteiger partial charge on any atom is 0.0928 e. The van der Waals surface area contributed by atoms with Gasteiger partial charge >= 0.3 is 0 Å². The minimum absolute atomic E-state index is 0.160. The van der Waals surface area contributed by atoms with E-state index in [2.05, 4.69) is 23.6 Å². The summed E-state index contributed by atoms with van der Waals surface area (Å²) < 4.78 is 5.36. The van der Waals surface area contributed by atoms with Gasteiger partial charge in [0.25, 0.3) is 0 Å². The highest BCUT2D eigenvalue weighted by Gasteiger charge is 2.31. The van der Waals surface area contributed by atoms with Gasteiger partial charge in [0.05, 0.1) is 10.5 Å². The average molecular weight is 273 g/mol. The lowest BCUT2D eigenvalue weighted by Gasteiger charge is -2.43. The van der Waals surface area contributed by atoms with Crippen molar-refractivity contribution in [2.24, 2.45) is 5.73 Å². The monoisotopic (exact) mass is 273 g/mol. The van der Waals surface area contributed by atoms with Crippen molar-refractivity contribution in [3.63, 3.8) is 0 Å². The molecule has 5 heteroatoms. The molecule has 2 N–H and O–H groups in total. The second-order valence-corrected chi connectivity index (χ2v) is 5.74. The molecule has 0 aliphatic carbocycles. The van der Waals surface area contributed by atoms with Crippen LogP contribution in [-0.4, -0.2) is 66.3 Å². The molecule has 106 valence electrons. The zero-order chi connectivity index (χ0) is 13.6. The van der Waals surface area contributed by atoms with Crippen molar-refractivity contribution >= 4 is 17.2 Å². The first-order chi connectivity index (χ1) is 8.48. The van der Waals surface area contributed by atoms with E-state index in [1.165, 1.54) is 0 Å². The molecular formula is C13H27N3OS. The lowest BCUT2D eigenvalue weighted by atomic mass is 10.0. The van der Waals surface area contributed by atoms with E-state index in [0.29, 0.717) is 4.99 Å². The molecule has 1 fully saturated rings. The molecule has 0 bridgehead atoms. The van der Waals surface area contributed by atoms with Crippen molar-refractivity contribution in [2.45, 2.75) is 32.7 Å². The van der Waals surface area contributed by atoms with Crippen LogP contribution in [0.4, 0.5) is 0 Å². The summed E-state index contributed by atoms with van der Waals surface area (Å²) in [6.07, 6.45) is 1.12. The first-order valence-electron chi connectivity index (χ1n) is 6.83. The van der Waals surface area contributed by atoms with Crippen molar-refractivity contribution in [1.29, 1.82) is 0 Å². The van der Waals surface area contributed by atoms with Gasteiger partial charge in [-0.15, -0.1) is 0 Å². The van der Waals surface area contributed by atoms with Crippen LogP contribution in [0.1, 0.15) is 27.2 Å². The molecule has 0 aromatic heterocycles. The highest BCUT2D eigenvalue weighted by Crippen LogP contribution is 2.17. The van der Waals surface area contributed by atoms with Crippen LogP contribution in [0.15, 0.2) is 0 Å². The van der Waals surface area contributed by atoms with Gasteiger partial charge < -0.3 is 15.4 Å². The van der Waals surface area contributed by atoms with Crippen LogP contribution in [0.5, 0.6) is 0 Å². The van der Waals surface area contributed by atoms with Crippen molar-refractivity contribution in [2.75, 3.05) is 45.9 Å². The van der Waals surface area contributed by atoms with Crippen LogP contribution in [0.25, 0.3) is 0 Å². The molecule has 0 radical (unpaired) electrons. The molecule has 1 aliphatic heterocycles. The molecule has 0 spiro atoms. The van der Waals surface area contributed by atoms with Crippen LogP contribution in [-0.2, 0) is 4.74 Å². The fourth-order valence-electron chi connectivity index (χ4n) is 2.22. The number of nitrogens with two attached hydrogens (primary N) is 1. The molecule has 1 rings (SSSR count). The quantitative estimate of drug-likeness (QED) is 0.556. The zero-order valence-corrected chi connectivity index (χ0v) is 12.8. The van der Waals surface area contributed by atoms with Crippen LogP contribution >= 0.6 is 12.2 Å². The highest BCUT2D eigenvalue weighted by molar-refractivity contribution is 7.80. The van der Waals surface area contributed by atoms with Gasteiger partial charge in [-0.1, -0.05) is 12.2 Å². The van der Waals surface area contributed by atoms with E-state index in [0.717, 1.165) is 52.4 Å². The molecule has 0 amide bonds. The fraction of sp³-hybridized carbons (Fsp3) is 0.923. The zero-order valence-electron chi connectivity index (χ0n) is 11.9. The fourth-order valence-corrected chi connectivity index (χ4v) is 2.35. The molecule has 0 saturated carbocycles. The van der Waals surface area contributed by atoms with Gasteiger partial charge in [0.15, 0.2) is 0 Å². The molecule has 0 unspecified atom stereocenters. The summed E-state index contributed by atoms with van der Waals surface area (Å²) in [6, 6.07) is 0. The predicted molar refractivity (Wildman–Crippen MR) is 80.0 cm³/mol. The van der Waals surface area contributed by atoms with E-state index in [9.17, 15) is 0 Å². The Bertz CT molecular complexity index is 263. The molecule has 1 saturated heterocycles. The van der Waals surface area contributed by atoms with E-state index < -0.39 is 0 Å². The van der Waals surface area contributed by atoms with E-state index in [-0.39, 0.29) is 5.54 Å². The van der Waals surface area contributed by atoms with Gasteiger partial charge in [-0.05, 0) is 27.2 Å². The molecule has 4 nitrogen and oxygen atoms in total. The highest BCUT2D eigenvalue weighted by atomic mass is 32.1. The van der Waals surface area contributed by atoms with Crippen molar-refractivity contribution in [1.82, 2.24) is 9.80 Å². The van der Waals surface area contributed by atoms with Crippen molar-refractivity contribution in [3.8, 4) is 0 Å². The van der Waals surface area contributed by atoms with E-state index in [1.807, 2.05) is 6.92 Å². The Kier molecular flexibility index (Phi) is 6.49. The van der Waals surface area contributed by atoms with Gasteiger partial charge in [-0.3, -0.25) is 4.90 Å². The summed E-state index contributed by atoms with van der Waals surface area (Å²) in [7, 11) is 0. The molecule has 1 aliphatic rings. The first-order valence-corrected chi connectivity index (χ1v) is 7.24. The summed E-state index contributed by atoms with van der Waals surface area (Å²) in [5.41, 5.74) is 5.65. The summed E-state index contributed by atoms with van der Waals surface area (Å²) in [5, 5.41) is 0. The van der Waals surface area contributed by atoms with Crippen LogP contribution in [0.3, 0.4) is 0 Å². The Morgan fingerprint density at radius 1 is 1.28 bits per heavy atom. The Morgan fingerprint density at radius 2 is 1.89 bits per heavy atom. The first kappa shape index (κ1) is 15.8. The average Bonchev–Trinajstić information content (AvgIpc) is 2.35. The third-order valence-electron chi connectivity index (χ3n) is 3.73. The van der Waals surface area contributed by atoms with Gasteiger partial charge in [0.2, 0.25) is 0 Å². The number of piperazine rings is 1. The second-order valence-electron chi connectivity index (χ2n) is 5.30. The largest absolute Gasteiger partial charge is 0.392 e. The third-order valence-corrected chi connectivity index (χ3v) is 4.23. The molecular weight excluding hydrogens is 246 g/mol. The summed E-state index contributed by atoms with van der Waals surface area (Å²) in [4.78, 5) is 5.46. The van der Waals surface area contributed by atoms with E-state index >= 15 is 0 Å². The molecule has 0 aromatic rings. The standard InChI is InChI=1S/C13H27N3OS/c1-4-17-11-5-6-15-7-9-16(10-8-15)13(2,3)12(14)18/h4-11H2,1-3H3,(H2,14,18). The molecule has 1 heterocycles. The third kappa shape index (κ3) is 4.46. The van der Waals surface area contributed by atoms with Gasteiger partial charge in [0.1, 0.15) is 0 Å². The van der Waals surface area contributed by atoms with Crippen LogP contribution in [0.2, 0.25) is 0 Å².